The van der Waals surface area contributed by atoms with Crippen LogP contribution < -0.4 is 5.32 Å². The summed E-state index contributed by atoms with van der Waals surface area (Å²) < 4.78 is 1.90. The number of hydrogen-bond acceptors (Lipinski definition) is 4. The van der Waals surface area contributed by atoms with E-state index < -0.39 is 0 Å². The second-order valence-electron chi connectivity index (χ2n) is 8.15. The third-order valence-corrected chi connectivity index (χ3v) is 5.90. The van der Waals surface area contributed by atoms with Crippen LogP contribution in [0.4, 0.5) is 0 Å². The number of benzene rings is 1. The average molecular weight is 464 g/mol. The molecule has 1 fully saturated rings. The molecule has 2 aromatic heterocycles. The molecule has 1 N–H and O–H groups in total. The van der Waals surface area contributed by atoms with Crippen molar-refractivity contribution in [3.63, 3.8) is 0 Å². The van der Waals surface area contributed by atoms with Gasteiger partial charge in [-0.1, -0.05) is 24.3 Å². The minimum atomic E-state index is 0. The molecule has 0 radical (unpaired) electrons. The maximum Gasteiger partial charge on any atom is 0.254 e. The normalized spacial score (nSPS) is 14.4. The van der Waals surface area contributed by atoms with E-state index >= 15 is 0 Å². The molecule has 0 aliphatic carbocycles. The number of pyridine rings is 1. The van der Waals surface area contributed by atoms with E-state index in [1.165, 1.54) is 0 Å². The van der Waals surface area contributed by atoms with Crippen molar-refractivity contribution in [1.82, 2.24) is 25.0 Å². The zero-order chi connectivity index (χ0) is 20.5. The summed E-state index contributed by atoms with van der Waals surface area (Å²) >= 11 is 0. The quantitative estimate of drug-likeness (QED) is 0.611. The highest BCUT2D eigenvalue weighted by Crippen LogP contribution is 2.29. The van der Waals surface area contributed by atoms with Crippen molar-refractivity contribution in [1.29, 1.82) is 0 Å². The number of aromatic nitrogens is 3. The Labute approximate surface area is 196 Å². The number of fused-ring (bicyclic) bond motifs is 1. The van der Waals surface area contributed by atoms with Crippen LogP contribution in [-0.4, -0.2) is 51.8 Å². The first kappa shape index (κ1) is 25.1. The van der Waals surface area contributed by atoms with Crippen LogP contribution in [0.1, 0.15) is 48.7 Å². The van der Waals surface area contributed by atoms with Gasteiger partial charge in [-0.05, 0) is 52.3 Å². The summed E-state index contributed by atoms with van der Waals surface area (Å²) in [5, 5.41) is 8.69. The number of amides is 1. The second kappa shape index (κ2) is 10.4. The van der Waals surface area contributed by atoms with Crippen LogP contribution in [0.5, 0.6) is 0 Å². The molecule has 0 saturated carbocycles. The molecule has 1 aliphatic heterocycles. The van der Waals surface area contributed by atoms with Crippen molar-refractivity contribution >= 4 is 41.8 Å². The molecule has 0 spiro atoms. The summed E-state index contributed by atoms with van der Waals surface area (Å²) in [7, 11) is 1.99. The van der Waals surface area contributed by atoms with E-state index in [1.54, 1.807) is 6.20 Å². The van der Waals surface area contributed by atoms with Gasteiger partial charge in [-0.15, -0.1) is 24.8 Å². The van der Waals surface area contributed by atoms with E-state index in [1.807, 2.05) is 34.8 Å². The Kier molecular flexibility index (Phi) is 8.46. The van der Waals surface area contributed by atoms with Gasteiger partial charge < -0.3 is 10.2 Å². The number of carbonyl (C=O) groups excluding carboxylic acids is 1. The van der Waals surface area contributed by atoms with Gasteiger partial charge in [-0.2, -0.15) is 5.10 Å². The van der Waals surface area contributed by atoms with Crippen LogP contribution in [0.25, 0.3) is 22.3 Å². The fourth-order valence-electron chi connectivity index (χ4n) is 4.11. The first-order chi connectivity index (χ1) is 14.0. The summed E-state index contributed by atoms with van der Waals surface area (Å²) in [5.74, 6) is 0.0742. The number of carbonyl (C=O) groups is 1. The Bertz CT molecular complexity index is 1040. The predicted octanol–water partition coefficient (Wildman–Crippen LogP) is 4.66. The molecule has 0 unspecified atom stereocenters. The molecular formula is C23H31Cl2N5O. The molecule has 0 atom stereocenters. The van der Waals surface area contributed by atoms with E-state index in [0.717, 1.165) is 53.8 Å². The Morgan fingerprint density at radius 2 is 1.84 bits per heavy atom. The lowest BCUT2D eigenvalue weighted by molar-refractivity contribution is 0.0709. The van der Waals surface area contributed by atoms with Gasteiger partial charge in [-0.25, -0.2) is 9.67 Å². The summed E-state index contributed by atoms with van der Waals surface area (Å²) in [4.78, 5) is 20.4. The van der Waals surface area contributed by atoms with Crippen molar-refractivity contribution in [2.75, 3.05) is 20.1 Å². The van der Waals surface area contributed by atoms with Gasteiger partial charge in [0.05, 0.1) is 22.8 Å². The number of hydrogen-bond donors (Lipinski definition) is 1. The molecule has 8 heteroatoms. The van der Waals surface area contributed by atoms with Crippen molar-refractivity contribution in [2.24, 2.45) is 0 Å². The van der Waals surface area contributed by atoms with Gasteiger partial charge >= 0.3 is 0 Å². The second-order valence-corrected chi connectivity index (χ2v) is 8.15. The van der Waals surface area contributed by atoms with Crippen molar-refractivity contribution < 1.29 is 4.79 Å². The topological polar surface area (TPSA) is 63.1 Å². The summed E-state index contributed by atoms with van der Waals surface area (Å²) in [6.07, 6.45) is 3.75. The minimum absolute atomic E-state index is 0. The lowest BCUT2D eigenvalue weighted by Gasteiger charge is -2.32. The molecule has 168 valence electrons. The van der Waals surface area contributed by atoms with E-state index in [2.05, 4.69) is 43.3 Å². The molecule has 31 heavy (non-hydrogen) atoms. The SMILES string of the molecule is CNC1CCN(C(=O)c2cc(-c3ccccc3C)nc3c2cnn3C(C)C)CC1.Cl.Cl. The molecule has 6 nitrogen and oxygen atoms in total. The standard InChI is InChI=1S/C23H29N5O.2ClH/c1-15(2)28-22-20(14-25-28)19(23(29)27-11-9-17(24-4)10-12-27)13-21(26-22)18-8-6-5-7-16(18)3;;/h5-8,13-15,17,24H,9-12H2,1-4H3;2*1H. The fourth-order valence-corrected chi connectivity index (χ4v) is 4.11. The van der Waals surface area contributed by atoms with Crippen LogP contribution in [0.2, 0.25) is 0 Å². The maximum absolute atomic E-state index is 13.5. The van der Waals surface area contributed by atoms with Gasteiger partial charge in [0.1, 0.15) is 0 Å². The summed E-state index contributed by atoms with van der Waals surface area (Å²) in [6.45, 7) is 7.78. The average Bonchev–Trinajstić information content (AvgIpc) is 3.17. The number of nitrogens with zero attached hydrogens (tertiary/aromatic N) is 4. The third-order valence-electron chi connectivity index (χ3n) is 5.90. The first-order valence-corrected chi connectivity index (χ1v) is 10.4. The first-order valence-electron chi connectivity index (χ1n) is 10.4. The number of halogens is 2. The zero-order valence-electron chi connectivity index (χ0n) is 18.5. The van der Waals surface area contributed by atoms with Crippen molar-refractivity contribution in [2.45, 2.75) is 45.7 Å². The van der Waals surface area contributed by atoms with E-state index in [4.69, 9.17) is 4.98 Å². The van der Waals surface area contributed by atoms with Gasteiger partial charge in [0.2, 0.25) is 0 Å². The highest BCUT2D eigenvalue weighted by molar-refractivity contribution is 6.06. The van der Waals surface area contributed by atoms with Crippen LogP contribution in [0.15, 0.2) is 36.5 Å². The molecule has 1 saturated heterocycles. The van der Waals surface area contributed by atoms with Gasteiger partial charge in [-0.3, -0.25) is 4.79 Å². The molecule has 4 rings (SSSR count). The highest BCUT2D eigenvalue weighted by atomic mass is 35.5. The maximum atomic E-state index is 13.5. The van der Waals surface area contributed by atoms with Crippen LogP contribution in [0.3, 0.4) is 0 Å². The lowest BCUT2D eigenvalue weighted by atomic mass is 10.0. The fraction of sp³-hybridized carbons (Fsp3) is 0.435. The Morgan fingerprint density at radius 3 is 2.45 bits per heavy atom. The van der Waals surface area contributed by atoms with Gasteiger partial charge in [0.15, 0.2) is 5.65 Å². The number of piperidine rings is 1. The van der Waals surface area contributed by atoms with E-state index in [-0.39, 0.29) is 36.8 Å². The molecule has 0 bridgehead atoms. The predicted molar refractivity (Wildman–Crippen MR) is 131 cm³/mol. The smallest absolute Gasteiger partial charge is 0.254 e. The monoisotopic (exact) mass is 463 g/mol. The Hall–Kier alpha value is -2.15. The van der Waals surface area contributed by atoms with Crippen LogP contribution in [-0.2, 0) is 0 Å². The summed E-state index contributed by atoms with van der Waals surface area (Å²) in [6, 6.07) is 10.8. The number of rotatable bonds is 4. The van der Waals surface area contributed by atoms with E-state index in [9.17, 15) is 4.79 Å². The molecule has 1 amide bonds. The molecule has 3 heterocycles. The van der Waals surface area contributed by atoms with E-state index in [0.29, 0.717) is 11.6 Å². The molecular weight excluding hydrogens is 433 g/mol. The third kappa shape index (κ3) is 4.86. The Morgan fingerprint density at radius 1 is 1.16 bits per heavy atom. The molecule has 1 aliphatic rings. The van der Waals surface area contributed by atoms with Crippen molar-refractivity contribution in [3.8, 4) is 11.3 Å². The zero-order valence-corrected chi connectivity index (χ0v) is 20.1. The number of aryl methyl sites for hydroxylation is 1. The van der Waals surface area contributed by atoms with Gasteiger partial charge in [0.25, 0.3) is 5.91 Å². The number of nitrogens with one attached hydrogen (secondary N) is 1. The summed E-state index contributed by atoms with van der Waals surface area (Å²) in [5.41, 5.74) is 4.49. The highest BCUT2D eigenvalue weighted by Gasteiger charge is 2.26. The van der Waals surface area contributed by atoms with Crippen molar-refractivity contribution in [3.05, 3.63) is 47.7 Å². The van der Waals surface area contributed by atoms with Crippen LogP contribution in [0, 0.1) is 6.92 Å². The van der Waals surface area contributed by atoms with Crippen LogP contribution >= 0.6 is 24.8 Å². The van der Waals surface area contributed by atoms with Gasteiger partial charge in [0, 0.05) is 30.7 Å². The Balaban J connectivity index is 0.00000171. The molecule has 3 aromatic rings. The minimum Gasteiger partial charge on any atom is -0.339 e. The largest absolute Gasteiger partial charge is 0.339 e. The lowest BCUT2D eigenvalue weighted by Crippen LogP contribution is -2.44. The molecule has 1 aromatic carbocycles. The number of likely N-dealkylation sites (tertiary alicyclic amines) is 1.